The molecule has 0 unspecified atom stereocenters. The number of nitrogens with one attached hydrogen (secondary N) is 3. The van der Waals surface area contributed by atoms with Crippen LogP contribution in [0.2, 0.25) is 0 Å². The number of hydrazine groups is 1. The minimum absolute atomic E-state index is 0.161. The smallest absolute Gasteiger partial charge is 0.319 e. The van der Waals surface area contributed by atoms with Gasteiger partial charge in [-0.1, -0.05) is 19.3 Å². The number of hydrogen-bond acceptors (Lipinski definition) is 3. The number of anilines is 2. The van der Waals surface area contributed by atoms with E-state index in [9.17, 15) is 9.59 Å². The highest BCUT2D eigenvalue weighted by Crippen LogP contribution is 2.18. The van der Waals surface area contributed by atoms with E-state index in [4.69, 9.17) is 0 Å². The quantitative estimate of drug-likeness (QED) is 0.306. The molecule has 1 saturated carbocycles. The molecule has 3 N–H and O–H groups in total. The van der Waals surface area contributed by atoms with Crippen LogP contribution in [0.15, 0.2) is 24.3 Å². The number of halogens is 1. The first-order valence-electron chi connectivity index (χ1n) is 7.02. The Morgan fingerprint density at radius 3 is 2.38 bits per heavy atom. The van der Waals surface area contributed by atoms with E-state index in [1.54, 1.807) is 24.3 Å². The molecule has 114 valence electrons. The third kappa shape index (κ3) is 5.41. The van der Waals surface area contributed by atoms with E-state index in [0.29, 0.717) is 12.5 Å². The molecule has 1 aromatic carbocycles. The lowest BCUT2D eigenvalue weighted by molar-refractivity contribution is -0.112. The second-order valence-corrected chi connectivity index (χ2v) is 6.08. The van der Waals surface area contributed by atoms with Crippen LogP contribution in [-0.4, -0.2) is 21.7 Å². The first-order valence-corrected chi connectivity index (χ1v) is 7.98. The zero-order valence-corrected chi connectivity index (χ0v) is 13.8. The first-order chi connectivity index (χ1) is 10.2. The summed E-state index contributed by atoms with van der Waals surface area (Å²) in [5.74, 6) is 0. The van der Waals surface area contributed by atoms with E-state index in [-0.39, 0.29) is 6.03 Å². The molecule has 0 atom stereocenters. The molecule has 0 radical (unpaired) electrons. The van der Waals surface area contributed by atoms with Gasteiger partial charge >= 0.3 is 6.03 Å². The molecule has 1 aliphatic rings. The third-order valence-corrected chi connectivity index (χ3v) is 3.88. The van der Waals surface area contributed by atoms with Crippen LogP contribution in [0.3, 0.4) is 0 Å². The number of carbonyl (C=O) groups is 2. The van der Waals surface area contributed by atoms with E-state index >= 15 is 0 Å². The van der Waals surface area contributed by atoms with Crippen LogP contribution in [0.1, 0.15) is 32.1 Å². The Balaban J connectivity index is 1.81. The van der Waals surface area contributed by atoms with E-state index < -0.39 is 0 Å². The fraction of sp³-hybridized carbons (Fsp3) is 0.429. The molecule has 1 aliphatic carbocycles. The molecule has 0 aromatic heterocycles. The summed E-state index contributed by atoms with van der Waals surface area (Å²) in [6.45, 7) is 0. The summed E-state index contributed by atoms with van der Waals surface area (Å²) in [6.07, 6.45) is 6.44. The van der Waals surface area contributed by atoms with Crippen molar-refractivity contribution in [3.63, 3.8) is 0 Å². The number of hydrogen-bond donors (Lipinski definition) is 3. The number of amides is 3. The monoisotopic (exact) mass is 402 g/mol. The minimum Gasteiger partial charge on any atom is -0.335 e. The molecule has 1 aromatic rings. The number of benzene rings is 1. The largest absolute Gasteiger partial charge is 0.335 e. The van der Waals surface area contributed by atoms with Gasteiger partial charge < -0.3 is 10.6 Å². The molecule has 3 amide bonds. The molecular weight excluding hydrogens is 383 g/mol. The van der Waals surface area contributed by atoms with Crippen LogP contribution in [-0.2, 0) is 4.79 Å². The Labute approximate surface area is 138 Å². The number of rotatable bonds is 5. The van der Waals surface area contributed by atoms with Gasteiger partial charge in [-0.15, -0.1) is 0 Å². The normalized spacial score (nSPS) is 15.1. The van der Waals surface area contributed by atoms with E-state index in [0.717, 1.165) is 24.2 Å². The van der Waals surface area contributed by atoms with Gasteiger partial charge in [0.1, 0.15) is 0 Å². The van der Waals surface area contributed by atoms with Crippen molar-refractivity contribution in [3.8, 4) is 0 Å². The van der Waals surface area contributed by atoms with Crippen LogP contribution in [0.4, 0.5) is 16.2 Å². The highest BCUT2D eigenvalue weighted by molar-refractivity contribution is 14.1. The Morgan fingerprint density at radius 1 is 1.14 bits per heavy atom. The third-order valence-electron chi connectivity index (χ3n) is 3.41. The lowest BCUT2D eigenvalue weighted by atomic mass is 9.96. The van der Waals surface area contributed by atoms with Crippen LogP contribution < -0.4 is 16.1 Å². The van der Waals surface area contributed by atoms with Crippen LogP contribution in [0.5, 0.6) is 0 Å². The van der Waals surface area contributed by atoms with Crippen molar-refractivity contribution in [1.82, 2.24) is 8.54 Å². The second-order valence-electron chi connectivity index (χ2n) is 5.04. The number of carbonyl (C=O) groups excluding carboxylic acids is 2. The Morgan fingerprint density at radius 2 is 1.76 bits per heavy atom. The van der Waals surface area contributed by atoms with Crippen molar-refractivity contribution in [2.45, 2.75) is 38.1 Å². The molecule has 1 fully saturated rings. The van der Waals surface area contributed by atoms with Gasteiger partial charge in [-0.2, -0.15) is 3.22 Å². The average molecular weight is 402 g/mol. The summed E-state index contributed by atoms with van der Waals surface area (Å²) in [7, 11) is 0. The molecule has 0 bridgehead atoms. The van der Waals surface area contributed by atoms with Gasteiger partial charge in [-0.3, -0.25) is 10.2 Å². The summed E-state index contributed by atoms with van der Waals surface area (Å²) in [5.41, 5.74) is 4.36. The maximum absolute atomic E-state index is 11.9. The van der Waals surface area contributed by atoms with Gasteiger partial charge in [0, 0.05) is 11.7 Å². The molecule has 2 rings (SSSR count). The fourth-order valence-corrected chi connectivity index (χ4v) is 2.66. The molecule has 0 heterocycles. The summed E-state index contributed by atoms with van der Waals surface area (Å²) < 4.78 is 1.29. The number of urea groups is 1. The highest BCUT2D eigenvalue weighted by Gasteiger charge is 2.15. The topological polar surface area (TPSA) is 73.5 Å². The SMILES string of the molecule is O=CN(I)Nc1ccc(NC(=O)NC2CCCCC2)cc1. The molecular formula is C14H19IN4O2. The summed E-state index contributed by atoms with van der Waals surface area (Å²) in [5, 5.41) is 5.82. The number of nitrogens with zero attached hydrogens (tertiary/aromatic N) is 1. The van der Waals surface area contributed by atoms with Crippen LogP contribution in [0.25, 0.3) is 0 Å². The molecule has 0 aliphatic heterocycles. The van der Waals surface area contributed by atoms with Crippen LogP contribution in [0, 0.1) is 0 Å². The summed E-state index contributed by atoms with van der Waals surface area (Å²) >= 11 is 1.84. The van der Waals surface area contributed by atoms with Gasteiger partial charge in [0.25, 0.3) is 0 Å². The molecule has 6 nitrogen and oxygen atoms in total. The van der Waals surface area contributed by atoms with Gasteiger partial charge in [0.2, 0.25) is 6.41 Å². The van der Waals surface area contributed by atoms with Crippen molar-refractivity contribution in [2.24, 2.45) is 0 Å². The van der Waals surface area contributed by atoms with Crippen molar-refractivity contribution in [1.29, 1.82) is 0 Å². The van der Waals surface area contributed by atoms with Crippen molar-refractivity contribution < 1.29 is 9.59 Å². The second kappa shape index (κ2) is 8.06. The zero-order chi connectivity index (χ0) is 15.1. The lowest BCUT2D eigenvalue weighted by Crippen LogP contribution is -2.38. The van der Waals surface area contributed by atoms with Crippen molar-refractivity contribution >= 4 is 46.7 Å². The summed E-state index contributed by atoms with van der Waals surface area (Å²) in [4.78, 5) is 22.4. The van der Waals surface area contributed by atoms with Crippen molar-refractivity contribution in [2.75, 3.05) is 10.7 Å². The maximum Gasteiger partial charge on any atom is 0.319 e. The van der Waals surface area contributed by atoms with Crippen molar-refractivity contribution in [3.05, 3.63) is 24.3 Å². The maximum atomic E-state index is 11.9. The average Bonchev–Trinajstić information content (AvgIpc) is 2.50. The highest BCUT2D eigenvalue weighted by atomic mass is 127. The predicted molar refractivity (Wildman–Crippen MR) is 91.0 cm³/mol. The van der Waals surface area contributed by atoms with Gasteiger partial charge in [0.15, 0.2) is 0 Å². The molecule has 0 saturated heterocycles. The van der Waals surface area contributed by atoms with E-state index in [1.807, 2.05) is 22.9 Å². The Bertz CT molecular complexity index is 474. The standard InChI is InChI=1S/C14H19IN4O2/c15-19(10-20)18-13-8-6-12(7-9-13)17-14(21)16-11-4-2-1-3-5-11/h6-11,18H,1-5H2,(H2,16,17,21). The van der Waals surface area contributed by atoms with Gasteiger partial charge in [-0.25, -0.2) is 4.79 Å². The summed E-state index contributed by atoms with van der Waals surface area (Å²) in [6, 6.07) is 7.30. The lowest BCUT2D eigenvalue weighted by Gasteiger charge is -2.22. The van der Waals surface area contributed by atoms with E-state index in [2.05, 4.69) is 16.1 Å². The molecule has 0 spiro atoms. The first kappa shape index (κ1) is 15.9. The molecule has 21 heavy (non-hydrogen) atoms. The predicted octanol–water partition coefficient (Wildman–Crippen LogP) is 3.28. The molecule has 7 heteroatoms. The Kier molecular flexibility index (Phi) is 6.09. The Hall–Kier alpha value is -1.51. The van der Waals surface area contributed by atoms with Gasteiger partial charge in [0.05, 0.1) is 28.6 Å². The van der Waals surface area contributed by atoms with Crippen LogP contribution >= 0.6 is 22.9 Å². The van der Waals surface area contributed by atoms with Gasteiger partial charge in [-0.05, 0) is 37.1 Å². The zero-order valence-electron chi connectivity index (χ0n) is 11.6. The van der Waals surface area contributed by atoms with E-state index in [1.165, 1.54) is 22.5 Å². The minimum atomic E-state index is -0.161. The fourth-order valence-electron chi connectivity index (χ4n) is 2.38.